The maximum Gasteiger partial charge on any atom is 0.325 e. The fourth-order valence-corrected chi connectivity index (χ4v) is 3.29. The van der Waals surface area contributed by atoms with E-state index in [1.165, 1.54) is 6.92 Å². The van der Waals surface area contributed by atoms with Crippen LogP contribution in [0, 0.1) is 0 Å². The van der Waals surface area contributed by atoms with Crippen LogP contribution in [0.1, 0.15) is 59.8 Å². The molecule has 2 aliphatic rings. The van der Waals surface area contributed by atoms with Gasteiger partial charge in [-0.05, 0) is 40.5 Å². The summed E-state index contributed by atoms with van der Waals surface area (Å²) in [6, 6.07) is -1.20. The van der Waals surface area contributed by atoms with Gasteiger partial charge < -0.3 is 15.4 Å². The second-order valence-corrected chi connectivity index (χ2v) is 8.25. The average Bonchev–Trinajstić information content (AvgIpc) is 3.10. The van der Waals surface area contributed by atoms with Crippen molar-refractivity contribution in [1.82, 2.24) is 20.9 Å². The summed E-state index contributed by atoms with van der Waals surface area (Å²) in [7, 11) is 0. The SMILES string of the molecule is C[C@H](OC(=O)CCN1C(=O)NC2(CCCC2)C1=O)C(=O)NC(=O)NC(C)(C)C. The largest absolute Gasteiger partial charge is 0.452 e. The van der Waals surface area contributed by atoms with Gasteiger partial charge >= 0.3 is 18.0 Å². The van der Waals surface area contributed by atoms with Crippen LogP contribution in [-0.2, 0) is 19.1 Å². The molecule has 0 aromatic carbocycles. The van der Waals surface area contributed by atoms with Crippen molar-refractivity contribution < 1.29 is 28.7 Å². The zero-order chi connectivity index (χ0) is 21.1. The van der Waals surface area contributed by atoms with Crippen LogP contribution in [0.3, 0.4) is 0 Å². The molecule has 10 nitrogen and oxygen atoms in total. The van der Waals surface area contributed by atoms with E-state index in [0.29, 0.717) is 12.8 Å². The lowest BCUT2D eigenvalue weighted by atomic mass is 9.98. The molecule has 1 saturated heterocycles. The number of rotatable bonds is 5. The van der Waals surface area contributed by atoms with Crippen molar-refractivity contribution in [2.75, 3.05) is 6.54 Å². The summed E-state index contributed by atoms with van der Waals surface area (Å²) in [5, 5.41) is 7.37. The minimum absolute atomic E-state index is 0.121. The van der Waals surface area contributed by atoms with E-state index in [-0.39, 0.29) is 18.9 Å². The van der Waals surface area contributed by atoms with Gasteiger partial charge in [-0.1, -0.05) is 12.8 Å². The fraction of sp³-hybridized carbons (Fsp3) is 0.722. The molecule has 1 aliphatic carbocycles. The summed E-state index contributed by atoms with van der Waals surface area (Å²) in [6.07, 6.45) is 1.52. The molecule has 0 aromatic rings. The standard InChI is InChI=1S/C18H28N4O6/c1-11(13(24)19-15(26)20-17(2,3)4)28-12(23)7-10-22-14(25)18(21-16(22)27)8-5-6-9-18/h11H,5-10H2,1-4H3,(H,21,27)(H2,19,20,24,26)/t11-/m0/s1. The van der Waals surface area contributed by atoms with Gasteiger partial charge in [0.25, 0.3) is 11.8 Å². The first-order valence-corrected chi connectivity index (χ1v) is 9.40. The van der Waals surface area contributed by atoms with E-state index < -0.39 is 41.1 Å². The van der Waals surface area contributed by atoms with Crippen LogP contribution >= 0.6 is 0 Å². The first-order chi connectivity index (χ1) is 12.9. The van der Waals surface area contributed by atoms with Gasteiger partial charge in [0.1, 0.15) is 5.54 Å². The zero-order valence-electron chi connectivity index (χ0n) is 16.7. The Balaban J connectivity index is 1.79. The minimum atomic E-state index is -1.19. The Hall–Kier alpha value is -2.65. The van der Waals surface area contributed by atoms with Crippen LogP contribution in [-0.4, -0.2) is 58.5 Å². The third-order valence-corrected chi connectivity index (χ3v) is 4.65. The minimum Gasteiger partial charge on any atom is -0.452 e. The third kappa shape index (κ3) is 5.20. The van der Waals surface area contributed by atoms with Crippen molar-refractivity contribution in [3.63, 3.8) is 0 Å². The van der Waals surface area contributed by atoms with Gasteiger partial charge in [-0.15, -0.1) is 0 Å². The number of nitrogens with zero attached hydrogens (tertiary/aromatic N) is 1. The predicted molar refractivity (Wildman–Crippen MR) is 98.0 cm³/mol. The lowest BCUT2D eigenvalue weighted by Gasteiger charge is -2.21. The zero-order valence-corrected chi connectivity index (χ0v) is 16.7. The summed E-state index contributed by atoms with van der Waals surface area (Å²) >= 11 is 0. The maximum absolute atomic E-state index is 12.5. The lowest BCUT2D eigenvalue weighted by molar-refractivity contribution is -0.154. The number of hydrogen-bond donors (Lipinski definition) is 3. The number of carbonyl (C=O) groups is 5. The van der Waals surface area contributed by atoms with Crippen LogP contribution in [0.2, 0.25) is 0 Å². The lowest BCUT2D eigenvalue weighted by Crippen LogP contribution is -2.50. The molecule has 156 valence electrons. The Kier molecular flexibility index (Phi) is 6.30. The van der Waals surface area contributed by atoms with Gasteiger partial charge in [-0.25, -0.2) is 9.59 Å². The molecule has 0 bridgehead atoms. The first-order valence-electron chi connectivity index (χ1n) is 9.40. The summed E-state index contributed by atoms with van der Waals surface area (Å²) in [6.45, 7) is 6.48. The fourth-order valence-electron chi connectivity index (χ4n) is 3.29. The summed E-state index contributed by atoms with van der Waals surface area (Å²) in [4.78, 5) is 61.2. The van der Waals surface area contributed by atoms with Gasteiger partial charge in [-0.2, -0.15) is 0 Å². The van der Waals surface area contributed by atoms with E-state index in [1.807, 2.05) is 0 Å². The van der Waals surface area contributed by atoms with E-state index in [0.717, 1.165) is 17.7 Å². The number of carbonyl (C=O) groups excluding carboxylic acids is 5. The van der Waals surface area contributed by atoms with E-state index >= 15 is 0 Å². The van der Waals surface area contributed by atoms with Crippen LogP contribution in [0.25, 0.3) is 0 Å². The van der Waals surface area contributed by atoms with Crippen molar-refractivity contribution in [3.8, 4) is 0 Å². The Bertz CT molecular complexity index is 678. The molecule has 1 heterocycles. The Morgan fingerprint density at radius 1 is 1.21 bits per heavy atom. The highest BCUT2D eigenvalue weighted by Crippen LogP contribution is 2.35. The quantitative estimate of drug-likeness (QED) is 0.465. The monoisotopic (exact) mass is 396 g/mol. The summed E-state index contributed by atoms with van der Waals surface area (Å²) in [5.74, 6) is -1.82. The molecule has 28 heavy (non-hydrogen) atoms. The van der Waals surface area contributed by atoms with Crippen LogP contribution < -0.4 is 16.0 Å². The molecule has 0 aromatic heterocycles. The van der Waals surface area contributed by atoms with Crippen molar-refractivity contribution in [2.45, 2.75) is 77.0 Å². The van der Waals surface area contributed by atoms with Gasteiger partial charge in [0.15, 0.2) is 6.10 Å². The van der Waals surface area contributed by atoms with Gasteiger partial charge in [-0.3, -0.25) is 24.6 Å². The van der Waals surface area contributed by atoms with Gasteiger partial charge in [0.2, 0.25) is 0 Å². The number of amides is 6. The molecule has 10 heteroatoms. The van der Waals surface area contributed by atoms with Crippen LogP contribution in [0.5, 0.6) is 0 Å². The Morgan fingerprint density at radius 3 is 2.39 bits per heavy atom. The van der Waals surface area contributed by atoms with E-state index in [9.17, 15) is 24.0 Å². The van der Waals surface area contributed by atoms with Crippen molar-refractivity contribution in [1.29, 1.82) is 0 Å². The molecule has 1 aliphatic heterocycles. The van der Waals surface area contributed by atoms with Gasteiger partial charge in [0.05, 0.1) is 6.42 Å². The highest BCUT2D eigenvalue weighted by molar-refractivity contribution is 6.07. The number of imide groups is 2. The molecule has 1 atom stereocenters. The highest BCUT2D eigenvalue weighted by atomic mass is 16.5. The Morgan fingerprint density at radius 2 is 1.82 bits per heavy atom. The van der Waals surface area contributed by atoms with Crippen LogP contribution in [0.4, 0.5) is 9.59 Å². The molecule has 6 amide bonds. The average molecular weight is 396 g/mol. The second kappa shape index (κ2) is 8.15. The molecule has 1 saturated carbocycles. The van der Waals surface area contributed by atoms with Gasteiger partial charge in [0, 0.05) is 12.1 Å². The number of nitrogens with one attached hydrogen (secondary N) is 3. The van der Waals surface area contributed by atoms with Crippen molar-refractivity contribution in [3.05, 3.63) is 0 Å². The van der Waals surface area contributed by atoms with Crippen molar-refractivity contribution in [2.24, 2.45) is 0 Å². The number of hydrogen-bond acceptors (Lipinski definition) is 6. The molecular weight excluding hydrogens is 368 g/mol. The second-order valence-electron chi connectivity index (χ2n) is 8.25. The number of urea groups is 2. The highest BCUT2D eigenvalue weighted by Gasteiger charge is 2.52. The normalized spacial score (nSPS) is 19.4. The van der Waals surface area contributed by atoms with Crippen LogP contribution in [0.15, 0.2) is 0 Å². The van der Waals surface area contributed by atoms with E-state index in [2.05, 4.69) is 16.0 Å². The molecule has 0 radical (unpaired) electrons. The smallest absolute Gasteiger partial charge is 0.325 e. The molecule has 3 N–H and O–H groups in total. The van der Waals surface area contributed by atoms with Crippen molar-refractivity contribution >= 4 is 29.8 Å². The summed E-state index contributed by atoms with van der Waals surface area (Å²) in [5.41, 5.74) is -1.35. The topological polar surface area (TPSA) is 134 Å². The third-order valence-electron chi connectivity index (χ3n) is 4.65. The molecular formula is C18H28N4O6. The van der Waals surface area contributed by atoms with E-state index in [1.54, 1.807) is 20.8 Å². The van der Waals surface area contributed by atoms with E-state index in [4.69, 9.17) is 4.74 Å². The molecule has 0 unspecified atom stereocenters. The Labute approximate surface area is 163 Å². The molecule has 1 spiro atoms. The number of ether oxygens (including phenoxy) is 1. The predicted octanol–water partition coefficient (Wildman–Crippen LogP) is 0.797. The molecule has 2 fully saturated rings. The maximum atomic E-state index is 12.5. The molecule has 2 rings (SSSR count). The number of esters is 1. The first kappa shape index (κ1) is 21.6. The summed E-state index contributed by atoms with van der Waals surface area (Å²) < 4.78 is 4.99.